The van der Waals surface area contributed by atoms with Crippen molar-refractivity contribution >= 4 is 11.6 Å². The van der Waals surface area contributed by atoms with E-state index in [9.17, 15) is 4.79 Å². The number of anilines is 1. The normalized spacial score (nSPS) is 10.6. The predicted molar refractivity (Wildman–Crippen MR) is 99.8 cm³/mol. The number of rotatable bonds is 6. The van der Waals surface area contributed by atoms with Gasteiger partial charge in [-0.15, -0.1) is 0 Å². The lowest BCUT2D eigenvalue weighted by Gasteiger charge is -2.09. The molecule has 3 aromatic rings. The van der Waals surface area contributed by atoms with E-state index < -0.39 is 0 Å². The number of nitrogens with one attached hydrogen (secondary N) is 1. The molecular weight excluding hydrogens is 312 g/mol. The Morgan fingerprint density at radius 3 is 2.52 bits per heavy atom. The Labute approximate surface area is 147 Å². The minimum absolute atomic E-state index is 0.0915. The van der Waals surface area contributed by atoms with Crippen LogP contribution in [-0.2, 0) is 17.6 Å². The van der Waals surface area contributed by atoms with E-state index in [1.807, 2.05) is 66.2 Å². The van der Waals surface area contributed by atoms with Crippen LogP contribution < -0.4 is 11.1 Å². The Hall–Kier alpha value is -2.92. The van der Waals surface area contributed by atoms with Crippen LogP contribution >= 0.6 is 0 Å². The molecule has 0 atom stereocenters. The lowest BCUT2D eigenvalue weighted by molar-refractivity contribution is -0.115. The Kier molecular flexibility index (Phi) is 5.26. The minimum Gasteiger partial charge on any atom is -0.330 e. The maximum absolute atomic E-state index is 12.3. The van der Waals surface area contributed by atoms with Gasteiger partial charge in [0.2, 0.25) is 5.91 Å². The molecule has 0 spiro atoms. The maximum atomic E-state index is 12.3. The average Bonchev–Trinajstić information content (AvgIpc) is 3.05. The van der Waals surface area contributed by atoms with E-state index in [0.717, 1.165) is 23.4 Å². The van der Waals surface area contributed by atoms with Crippen molar-refractivity contribution in [2.75, 3.05) is 11.9 Å². The van der Waals surface area contributed by atoms with Gasteiger partial charge < -0.3 is 15.6 Å². The molecule has 1 amide bonds. The van der Waals surface area contributed by atoms with Crippen LogP contribution in [-0.4, -0.2) is 22.0 Å². The van der Waals surface area contributed by atoms with Gasteiger partial charge in [-0.05, 0) is 49.7 Å². The van der Waals surface area contributed by atoms with Crippen LogP contribution in [0.5, 0.6) is 0 Å². The number of imidazole rings is 1. The van der Waals surface area contributed by atoms with Gasteiger partial charge in [0.05, 0.1) is 6.42 Å². The van der Waals surface area contributed by atoms with E-state index >= 15 is 0 Å². The highest BCUT2D eigenvalue weighted by Crippen LogP contribution is 2.14. The van der Waals surface area contributed by atoms with E-state index in [2.05, 4.69) is 10.3 Å². The van der Waals surface area contributed by atoms with Crippen molar-refractivity contribution in [1.29, 1.82) is 0 Å². The highest BCUT2D eigenvalue weighted by molar-refractivity contribution is 5.91. The van der Waals surface area contributed by atoms with Crippen LogP contribution in [0.25, 0.3) is 5.69 Å². The molecule has 0 saturated carbocycles. The Morgan fingerprint density at radius 2 is 1.84 bits per heavy atom. The highest BCUT2D eigenvalue weighted by Gasteiger charge is 2.10. The summed E-state index contributed by atoms with van der Waals surface area (Å²) >= 11 is 0. The van der Waals surface area contributed by atoms with Gasteiger partial charge in [-0.25, -0.2) is 4.98 Å². The van der Waals surface area contributed by atoms with Crippen LogP contribution in [0.15, 0.2) is 60.9 Å². The number of hydrogen-bond donors (Lipinski definition) is 2. The third-order valence-corrected chi connectivity index (χ3v) is 4.02. The van der Waals surface area contributed by atoms with Crippen molar-refractivity contribution in [2.24, 2.45) is 5.73 Å². The van der Waals surface area contributed by atoms with Gasteiger partial charge in [0.1, 0.15) is 5.82 Å². The number of aromatic nitrogens is 2. The summed E-state index contributed by atoms with van der Waals surface area (Å²) in [6.45, 7) is 2.66. The second kappa shape index (κ2) is 7.77. The lowest BCUT2D eigenvalue weighted by Crippen LogP contribution is -2.17. The third kappa shape index (κ3) is 4.33. The SMILES string of the molecule is Cc1ccc(-n2ccnc2CC(=O)Nc2ccc(CCN)cc2)cc1. The van der Waals surface area contributed by atoms with Crippen molar-refractivity contribution in [1.82, 2.24) is 9.55 Å². The second-order valence-electron chi connectivity index (χ2n) is 6.01. The van der Waals surface area contributed by atoms with Crippen molar-refractivity contribution in [2.45, 2.75) is 19.8 Å². The molecule has 0 unspecified atom stereocenters. The zero-order valence-electron chi connectivity index (χ0n) is 14.3. The van der Waals surface area contributed by atoms with Crippen molar-refractivity contribution in [3.05, 3.63) is 77.9 Å². The number of carbonyl (C=O) groups excluding carboxylic acids is 1. The fourth-order valence-corrected chi connectivity index (χ4v) is 2.68. The molecule has 0 bridgehead atoms. The van der Waals surface area contributed by atoms with Crippen molar-refractivity contribution < 1.29 is 4.79 Å². The first-order valence-electron chi connectivity index (χ1n) is 8.34. The molecule has 5 nitrogen and oxygen atoms in total. The molecule has 0 saturated heterocycles. The molecule has 0 aliphatic rings. The predicted octanol–water partition coefficient (Wildman–Crippen LogP) is 2.86. The molecule has 0 aliphatic heterocycles. The minimum atomic E-state index is -0.0915. The zero-order chi connectivity index (χ0) is 17.6. The zero-order valence-corrected chi connectivity index (χ0v) is 14.3. The van der Waals surface area contributed by atoms with Crippen LogP contribution in [0, 0.1) is 6.92 Å². The van der Waals surface area contributed by atoms with E-state index in [0.29, 0.717) is 12.4 Å². The number of nitrogens with two attached hydrogens (primary N) is 1. The molecule has 128 valence electrons. The summed E-state index contributed by atoms with van der Waals surface area (Å²) in [6.07, 6.45) is 4.63. The van der Waals surface area contributed by atoms with Gasteiger partial charge in [-0.3, -0.25) is 4.79 Å². The fraction of sp³-hybridized carbons (Fsp3) is 0.200. The molecule has 25 heavy (non-hydrogen) atoms. The number of benzene rings is 2. The van der Waals surface area contributed by atoms with Crippen LogP contribution in [0.4, 0.5) is 5.69 Å². The van der Waals surface area contributed by atoms with Gasteiger partial charge in [0, 0.05) is 23.8 Å². The largest absolute Gasteiger partial charge is 0.330 e. The monoisotopic (exact) mass is 334 g/mol. The summed E-state index contributed by atoms with van der Waals surface area (Å²) in [4.78, 5) is 16.7. The summed E-state index contributed by atoms with van der Waals surface area (Å²) in [5, 5.41) is 2.91. The lowest BCUT2D eigenvalue weighted by atomic mass is 10.1. The summed E-state index contributed by atoms with van der Waals surface area (Å²) in [6, 6.07) is 15.9. The number of hydrogen-bond acceptors (Lipinski definition) is 3. The smallest absolute Gasteiger partial charge is 0.231 e. The molecule has 2 aromatic carbocycles. The maximum Gasteiger partial charge on any atom is 0.231 e. The second-order valence-corrected chi connectivity index (χ2v) is 6.01. The molecule has 1 aromatic heterocycles. The van der Waals surface area contributed by atoms with Crippen LogP contribution in [0.3, 0.4) is 0 Å². The van der Waals surface area contributed by atoms with Gasteiger partial charge in [-0.1, -0.05) is 29.8 Å². The number of nitrogens with zero attached hydrogens (tertiary/aromatic N) is 2. The summed E-state index contributed by atoms with van der Waals surface area (Å²) < 4.78 is 1.93. The molecule has 0 fully saturated rings. The molecule has 0 radical (unpaired) electrons. The summed E-state index contributed by atoms with van der Waals surface area (Å²) in [7, 11) is 0. The number of aryl methyl sites for hydroxylation is 1. The van der Waals surface area contributed by atoms with Gasteiger partial charge in [0.25, 0.3) is 0 Å². The van der Waals surface area contributed by atoms with E-state index in [1.54, 1.807) is 6.20 Å². The summed E-state index contributed by atoms with van der Waals surface area (Å²) in [5.74, 6) is 0.618. The quantitative estimate of drug-likeness (QED) is 0.728. The average molecular weight is 334 g/mol. The Bertz CT molecular complexity index is 835. The topological polar surface area (TPSA) is 72.9 Å². The van der Waals surface area contributed by atoms with Crippen LogP contribution in [0.1, 0.15) is 17.0 Å². The van der Waals surface area contributed by atoms with Gasteiger partial charge in [-0.2, -0.15) is 0 Å². The first-order valence-corrected chi connectivity index (χ1v) is 8.34. The van der Waals surface area contributed by atoms with Crippen molar-refractivity contribution in [3.63, 3.8) is 0 Å². The molecule has 3 rings (SSSR count). The first-order chi connectivity index (χ1) is 12.2. The van der Waals surface area contributed by atoms with E-state index in [1.165, 1.54) is 5.56 Å². The standard InChI is InChI=1S/C20H22N4O/c1-15-2-8-18(9-3-15)24-13-12-22-19(24)14-20(25)23-17-6-4-16(5-7-17)10-11-21/h2-9,12-13H,10-11,14,21H2,1H3,(H,23,25). The van der Waals surface area contributed by atoms with E-state index in [-0.39, 0.29) is 12.3 Å². The molecule has 0 aliphatic carbocycles. The van der Waals surface area contributed by atoms with Gasteiger partial charge >= 0.3 is 0 Å². The highest BCUT2D eigenvalue weighted by atomic mass is 16.1. The number of amides is 1. The summed E-state index contributed by atoms with van der Waals surface area (Å²) in [5.41, 5.74) is 9.68. The van der Waals surface area contributed by atoms with Crippen LogP contribution in [0.2, 0.25) is 0 Å². The van der Waals surface area contributed by atoms with Gasteiger partial charge in [0.15, 0.2) is 0 Å². The molecule has 3 N–H and O–H groups in total. The third-order valence-electron chi connectivity index (χ3n) is 4.02. The Morgan fingerprint density at radius 1 is 1.12 bits per heavy atom. The fourth-order valence-electron chi connectivity index (χ4n) is 2.68. The van der Waals surface area contributed by atoms with Crippen molar-refractivity contribution in [3.8, 4) is 5.69 Å². The van der Waals surface area contributed by atoms with E-state index in [4.69, 9.17) is 5.73 Å². The first kappa shape index (κ1) is 16.9. The number of carbonyl (C=O) groups is 1. The Balaban J connectivity index is 1.67. The molecular formula is C20H22N4O. The molecule has 5 heteroatoms. The molecule has 1 heterocycles.